The van der Waals surface area contributed by atoms with E-state index < -0.39 is 0 Å². The van der Waals surface area contributed by atoms with Crippen molar-refractivity contribution in [2.24, 2.45) is 0 Å². The Kier molecular flexibility index (Phi) is 2.86. The molecule has 92 valence electrons. The second kappa shape index (κ2) is 4.39. The van der Waals surface area contributed by atoms with Gasteiger partial charge in [0.15, 0.2) is 0 Å². The zero-order valence-electron chi connectivity index (χ0n) is 9.91. The quantitative estimate of drug-likeness (QED) is 0.750. The van der Waals surface area contributed by atoms with Gasteiger partial charge in [-0.25, -0.2) is 4.39 Å². The van der Waals surface area contributed by atoms with Gasteiger partial charge in [-0.2, -0.15) is 0 Å². The van der Waals surface area contributed by atoms with E-state index in [0.717, 1.165) is 27.8 Å². The van der Waals surface area contributed by atoms with Crippen LogP contribution >= 0.6 is 15.9 Å². The maximum atomic E-state index is 13.5. The largest absolute Gasteiger partial charge is 0.485 e. The summed E-state index contributed by atoms with van der Waals surface area (Å²) in [7, 11) is 0. The van der Waals surface area contributed by atoms with E-state index in [9.17, 15) is 4.39 Å². The van der Waals surface area contributed by atoms with Gasteiger partial charge in [-0.15, -0.1) is 0 Å². The number of hydrogen-bond acceptors (Lipinski definition) is 1. The molecule has 0 fully saturated rings. The highest BCUT2D eigenvalue weighted by molar-refractivity contribution is 9.10. The molecule has 1 aliphatic heterocycles. The lowest BCUT2D eigenvalue weighted by Gasteiger charge is -2.11. The van der Waals surface area contributed by atoms with E-state index in [1.54, 1.807) is 19.1 Å². The number of aryl methyl sites for hydroxylation is 1. The zero-order valence-corrected chi connectivity index (χ0v) is 11.5. The van der Waals surface area contributed by atoms with Crippen LogP contribution < -0.4 is 4.74 Å². The molecule has 0 radical (unpaired) electrons. The topological polar surface area (TPSA) is 9.23 Å². The van der Waals surface area contributed by atoms with E-state index in [1.807, 2.05) is 24.3 Å². The maximum absolute atomic E-state index is 13.5. The number of fused-ring (bicyclic) bond motifs is 1. The predicted molar refractivity (Wildman–Crippen MR) is 72.4 cm³/mol. The second-order valence-electron chi connectivity index (χ2n) is 4.57. The van der Waals surface area contributed by atoms with Crippen LogP contribution in [0.5, 0.6) is 5.75 Å². The van der Waals surface area contributed by atoms with Crippen molar-refractivity contribution in [2.75, 3.05) is 0 Å². The van der Waals surface area contributed by atoms with Crippen LogP contribution in [0.3, 0.4) is 0 Å². The van der Waals surface area contributed by atoms with Gasteiger partial charge in [0, 0.05) is 16.5 Å². The third-order valence-corrected chi connectivity index (χ3v) is 3.73. The van der Waals surface area contributed by atoms with Crippen LogP contribution in [-0.2, 0) is 6.42 Å². The minimum absolute atomic E-state index is 0.0151. The van der Waals surface area contributed by atoms with Gasteiger partial charge in [-0.1, -0.05) is 28.1 Å². The Morgan fingerprint density at radius 2 is 2.11 bits per heavy atom. The molecule has 1 nitrogen and oxygen atoms in total. The molecule has 2 aromatic carbocycles. The van der Waals surface area contributed by atoms with Crippen LogP contribution in [0.4, 0.5) is 4.39 Å². The molecule has 1 aliphatic rings. The summed E-state index contributed by atoms with van der Waals surface area (Å²) >= 11 is 3.45. The van der Waals surface area contributed by atoms with Crippen molar-refractivity contribution < 1.29 is 9.13 Å². The minimum Gasteiger partial charge on any atom is -0.485 e. The van der Waals surface area contributed by atoms with Gasteiger partial charge in [-0.3, -0.25) is 0 Å². The smallest absolute Gasteiger partial charge is 0.128 e. The van der Waals surface area contributed by atoms with Gasteiger partial charge < -0.3 is 4.74 Å². The molecule has 2 aromatic rings. The van der Waals surface area contributed by atoms with Crippen molar-refractivity contribution in [3.05, 3.63) is 63.4 Å². The molecule has 0 saturated carbocycles. The first-order valence-electron chi connectivity index (χ1n) is 5.84. The summed E-state index contributed by atoms with van der Waals surface area (Å²) in [4.78, 5) is 0. The van der Waals surface area contributed by atoms with Gasteiger partial charge in [0.1, 0.15) is 17.7 Å². The first-order valence-corrected chi connectivity index (χ1v) is 6.64. The molecule has 0 bridgehead atoms. The molecule has 3 heteroatoms. The van der Waals surface area contributed by atoms with E-state index in [-0.39, 0.29) is 11.9 Å². The summed E-state index contributed by atoms with van der Waals surface area (Å²) in [6.45, 7) is 1.76. The minimum atomic E-state index is -0.160. The average Bonchev–Trinajstić information content (AvgIpc) is 2.73. The Labute approximate surface area is 114 Å². The van der Waals surface area contributed by atoms with E-state index in [0.29, 0.717) is 5.56 Å². The molecule has 18 heavy (non-hydrogen) atoms. The summed E-state index contributed by atoms with van der Waals surface area (Å²) in [6.07, 6.45) is 0.710. The number of benzene rings is 2. The lowest BCUT2D eigenvalue weighted by atomic mass is 10.0. The summed E-state index contributed by atoms with van der Waals surface area (Å²) in [5.74, 6) is 0.645. The first kappa shape index (κ1) is 11.7. The molecule has 0 aliphatic carbocycles. The summed E-state index contributed by atoms with van der Waals surface area (Å²) in [5.41, 5.74) is 2.69. The molecule has 3 rings (SSSR count). The van der Waals surface area contributed by atoms with Gasteiger partial charge in [0.2, 0.25) is 0 Å². The van der Waals surface area contributed by atoms with E-state index in [4.69, 9.17) is 4.74 Å². The molecule has 1 unspecified atom stereocenters. The van der Waals surface area contributed by atoms with Crippen LogP contribution in [0.1, 0.15) is 22.8 Å². The third kappa shape index (κ3) is 2.03. The van der Waals surface area contributed by atoms with Crippen LogP contribution in [0.15, 0.2) is 40.9 Å². The summed E-state index contributed by atoms with van der Waals surface area (Å²) in [5, 5.41) is 0. The molecule has 0 saturated heterocycles. The number of halogens is 2. The monoisotopic (exact) mass is 306 g/mol. The Morgan fingerprint density at radius 3 is 2.89 bits per heavy atom. The standard InChI is InChI=1S/C15H12BrFO/c1-9-5-14-11(7-13(9)17)8-15(18-14)10-3-2-4-12(16)6-10/h2-7,15H,8H2,1H3. The fraction of sp³-hybridized carbons (Fsp3) is 0.200. The summed E-state index contributed by atoms with van der Waals surface area (Å²) in [6, 6.07) is 11.4. The highest BCUT2D eigenvalue weighted by atomic mass is 79.9. The molecule has 0 aromatic heterocycles. The Balaban J connectivity index is 1.93. The number of rotatable bonds is 1. The van der Waals surface area contributed by atoms with Crippen molar-refractivity contribution >= 4 is 15.9 Å². The number of ether oxygens (including phenoxy) is 1. The van der Waals surface area contributed by atoms with Gasteiger partial charge in [-0.05, 0) is 42.3 Å². The van der Waals surface area contributed by atoms with Crippen molar-refractivity contribution in [1.82, 2.24) is 0 Å². The molecular weight excluding hydrogens is 295 g/mol. The average molecular weight is 307 g/mol. The van der Waals surface area contributed by atoms with Crippen molar-refractivity contribution in [3.63, 3.8) is 0 Å². The Morgan fingerprint density at radius 1 is 1.28 bits per heavy atom. The third-order valence-electron chi connectivity index (χ3n) is 3.24. The van der Waals surface area contributed by atoms with Gasteiger partial charge in [0.25, 0.3) is 0 Å². The number of hydrogen-bond donors (Lipinski definition) is 0. The summed E-state index contributed by atoms with van der Waals surface area (Å²) < 4.78 is 20.4. The molecule has 0 spiro atoms. The van der Waals surface area contributed by atoms with E-state index in [1.165, 1.54) is 0 Å². The molecule has 0 N–H and O–H groups in total. The van der Waals surface area contributed by atoms with Gasteiger partial charge >= 0.3 is 0 Å². The zero-order chi connectivity index (χ0) is 12.7. The first-order chi connectivity index (χ1) is 8.63. The molecular formula is C15H12BrFO. The van der Waals surface area contributed by atoms with Crippen LogP contribution in [0.2, 0.25) is 0 Å². The SMILES string of the molecule is Cc1cc2c(cc1F)CC(c1cccc(Br)c1)O2. The fourth-order valence-electron chi connectivity index (χ4n) is 2.25. The molecule has 1 atom stereocenters. The lowest BCUT2D eigenvalue weighted by Crippen LogP contribution is -2.02. The molecule has 1 heterocycles. The Bertz CT molecular complexity index is 578. The van der Waals surface area contributed by atoms with E-state index >= 15 is 0 Å². The second-order valence-corrected chi connectivity index (χ2v) is 5.49. The van der Waals surface area contributed by atoms with Crippen LogP contribution in [0, 0.1) is 12.7 Å². The molecule has 0 amide bonds. The normalized spacial score (nSPS) is 17.4. The highest BCUT2D eigenvalue weighted by Crippen LogP contribution is 2.38. The van der Waals surface area contributed by atoms with Crippen molar-refractivity contribution in [1.29, 1.82) is 0 Å². The lowest BCUT2D eigenvalue weighted by molar-refractivity contribution is 0.238. The van der Waals surface area contributed by atoms with Crippen LogP contribution in [-0.4, -0.2) is 0 Å². The van der Waals surface area contributed by atoms with E-state index in [2.05, 4.69) is 15.9 Å². The predicted octanol–water partition coefficient (Wildman–Crippen LogP) is 4.57. The maximum Gasteiger partial charge on any atom is 0.128 e. The van der Waals surface area contributed by atoms with Crippen molar-refractivity contribution in [2.45, 2.75) is 19.4 Å². The highest BCUT2D eigenvalue weighted by Gasteiger charge is 2.25. The Hall–Kier alpha value is -1.35. The fourth-order valence-corrected chi connectivity index (χ4v) is 2.67. The van der Waals surface area contributed by atoms with Crippen LogP contribution in [0.25, 0.3) is 0 Å². The van der Waals surface area contributed by atoms with Crippen molar-refractivity contribution in [3.8, 4) is 5.75 Å². The van der Waals surface area contributed by atoms with Gasteiger partial charge in [0.05, 0.1) is 0 Å².